The highest BCUT2D eigenvalue weighted by Gasteiger charge is 2.30. The van der Waals surface area contributed by atoms with Crippen molar-refractivity contribution < 1.29 is 19.1 Å². The maximum Gasteiger partial charge on any atom is 0.413 e. The number of amidine groups is 1. The van der Waals surface area contributed by atoms with Crippen LogP contribution < -0.4 is 10.2 Å². The van der Waals surface area contributed by atoms with E-state index in [9.17, 15) is 14.4 Å². The van der Waals surface area contributed by atoms with E-state index in [1.165, 1.54) is 12.0 Å². The van der Waals surface area contributed by atoms with Crippen LogP contribution in [0.5, 0.6) is 0 Å². The van der Waals surface area contributed by atoms with Gasteiger partial charge in [-0.15, -0.1) is 0 Å². The van der Waals surface area contributed by atoms with Gasteiger partial charge in [0, 0.05) is 0 Å². The highest BCUT2D eigenvalue weighted by Crippen LogP contribution is 2.26. The van der Waals surface area contributed by atoms with Crippen molar-refractivity contribution in [1.29, 1.82) is 0 Å². The largest absolute Gasteiger partial charge is 0.453 e. The van der Waals surface area contributed by atoms with Gasteiger partial charge < -0.3 is 4.74 Å². The number of anilines is 1. The van der Waals surface area contributed by atoms with Crippen LogP contribution in [-0.2, 0) is 14.3 Å². The van der Waals surface area contributed by atoms with E-state index < -0.39 is 17.3 Å². The molecule has 0 saturated heterocycles. The summed E-state index contributed by atoms with van der Waals surface area (Å²) in [5.74, 6) is -0.662. The lowest BCUT2D eigenvalue weighted by Gasteiger charge is -2.20. The summed E-state index contributed by atoms with van der Waals surface area (Å²) in [5, 5.41) is 1.93. The summed E-state index contributed by atoms with van der Waals surface area (Å²) in [6, 6.07) is 7.45. The van der Waals surface area contributed by atoms with E-state index in [-0.39, 0.29) is 12.5 Å². The number of hydrogen-bond acceptors (Lipinski definition) is 6. The summed E-state index contributed by atoms with van der Waals surface area (Å²) in [4.78, 5) is 40.7. The van der Waals surface area contributed by atoms with E-state index in [2.05, 4.69) is 15.0 Å². The van der Waals surface area contributed by atoms with Gasteiger partial charge in [0.15, 0.2) is 5.17 Å². The Bertz CT molecular complexity index is 657. The molecule has 0 bridgehead atoms. The van der Waals surface area contributed by atoms with Crippen LogP contribution in [0.25, 0.3) is 0 Å². The Morgan fingerprint density at radius 2 is 2.00 bits per heavy atom. The van der Waals surface area contributed by atoms with Gasteiger partial charge >= 0.3 is 6.09 Å². The number of aliphatic imine (C=N–C) groups is 1. The maximum atomic E-state index is 12.1. The second kappa shape index (κ2) is 7.28. The van der Waals surface area contributed by atoms with E-state index in [0.717, 1.165) is 17.3 Å². The third-order valence-electron chi connectivity index (χ3n) is 3.14. The lowest BCUT2D eigenvalue weighted by atomic mass is 10.2. The maximum absolute atomic E-state index is 12.1. The monoisotopic (exact) mass is 335 g/mol. The molecular formula is C15H17N3O4S. The Balaban J connectivity index is 2.09. The van der Waals surface area contributed by atoms with E-state index in [0.29, 0.717) is 10.9 Å². The average Bonchev–Trinajstić information content (AvgIpc) is 2.88. The first-order valence-electron chi connectivity index (χ1n) is 6.92. The number of thioether (sulfide) groups is 1. The predicted octanol–water partition coefficient (Wildman–Crippen LogP) is 1.70. The molecule has 1 aliphatic heterocycles. The van der Waals surface area contributed by atoms with Crippen molar-refractivity contribution in [3.8, 4) is 0 Å². The van der Waals surface area contributed by atoms with Gasteiger partial charge in [-0.25, -0.2) is 4.79 Å². The zero-order valence-corrected chi connectivity index (χ0v) is 13.8. The number of amides is 3. The molecular weight excluding hydrogens is 318 g/mol. The number of carbonyl (C=O) groups excluding carboxylic acids is 3. The van der Waals surface area contributed by atoms with Crippen molar-refractivity contribution in [2.24, 2.45) is 4.99 Å². The van der Waals surface area contributed by atoms with Crippen LogP contribution in [0.1, 0.15) is 12.5 Å². The van der Waals surface area contributed by atoms with Gasteiger partial charge in [-0.05, 0) is 26.0 Å². The molecule has 7 nitrogen and oxygen atoms in total. The van der Waals surface area contributed by atoms with Crippen LogP contribution in [0, 0.1) is 6.92 Å². The molecule has 1 aliphatic rings. The summed E-state index contributed by atoms with van der Waals surface area (Å²) in [5.41, 5.74) is 1.78. The third kappa shape index (κ3) is 4.10. The lowest BCUT2D eigenvalue weighted by molar-refractivity contribution is -0.119. The summed E-state index contributed by atoms with van der Waals surface area (Å²) in [6.07, 6.45) is -0.817. The minimum Gasteiger partial charge on any atom is -0.453 e. The summed E-state index contributed by atoms with van der Waals surface area (Å²) in [7, 11) is 1.18. The first kappa shape index (κ1) is 17.0. The Labute approximate surface area is 138 Å². The second-order valence-corrected chi connectivity index (χ2v) is 6.21. The zero-order valence-electron chi connectivity index (χ0n) is 13.0. The van der Waals surface area contributed by atoms with Gasteiger partial charge in [-0.3, -0.25) is 24.8 Å². The van der Waals surface area contributed by atoms with Crippen molar-refractivity contribution >= 4 is 40.5 Å². The molecule has 0 radical (unpaired) electrons. The Morgan fingerprint density at radius 1 is 1.35 bits per heavy atom. The number of aryl methyl sites for hydroxylation is 1. The van der Waals surface area contributed by atoms with E-state index >= 15 is 0 Å². The SMILES string of the molecule is COC(=O)NC(=O)[C@H](C)SC1=NCC(=O)N1c1ccc(C)cc1. The molecule has 23 heavy (non-hydrogen) atoms. The predicted molar refractivity (Wildman–Crippen MR) is 88.6 cm³/mol. The van der Waals surface area contributed by atoms with Crippen LogP contribution in [0.3, 0.4) is 0 Å². The van der Waals surface area contributed by atoms with Crippen molar-refractivity contribution in [3.63, 3.8) is 0 Å². The van der Waals surface area contributed by atoms with Gasteiger partial charge in [0.25, 0.3) is 5.91 Å². The third-order valence-corrected chi connectivity index (χ3v) is 4.23. The number of carbonyl (C=O) groups is 3. The molecule has 0 spiro atoms. The molecule has 0 fully saturated rings. The quantitative estimate of drug-likeness (QED) is 0.908. The average molecular weight is 335 g/mol. The Kier molecular flexibility index (Phi) is 5.38. The highest BCUT2D eigenvalue weighted by atomic mass is 32.2. The fourth-order valence-electron chi connectivity index (χ4n) is 1.89. The van der Waals surface area contributed by atoms with Gasteiger partial charge in [-0.2, -0.15) is 0 Å². The molecule has 8 heteroatoms. The first-order valence-corrected chi connectivity index (χ1v) is 7.80. The number of alkyl carbamates (subject to hydrolysis) is 1. The van der Waals surface area contributed by atoms with Crippen LogP contribution >= 0.6 is 11.8 Å². The van der Waals surface area contributed by atoms with Crippen LogP contribution in [-0.4, -0.2) is 42.0 Å². The number of imide groups is 1. The molecule has 0 saturated carbocycles. The molecule has 0 aromatic heterocycles. The van der Waals surface area contributed by atoms with Crippen molar-refractivity contribution in [3.05, 3.63) is 29.8 Å². The number of nitrogens with one attached hydrogen (secondary N) is 1. The number of methoxy groups -OCH3 is 1. The number of nitrogens with zero attached hydrogens (tertiary/aromatic N) is 2. The van der Waals surface area contributed by atoms with Crippen molar-refractivity contribution in [2.45, 2.75) is 19.1 Å². The molecule has 0 unspecified atom stereocenters. The van der Waals surface area contributed by atoms with Gasteiger partial charge in [0.05, 0.1) is 18.0 Å². The normalized spacial score (nSPS) is 15.2. The topological polar surface area (TPSA) is 88.1 Å². The first-order chi connectivity index (χ1) is 10.9. The van der Waals surface area contributed by atoms with Gasteiger partial charge in [0.1, 0.15) is 6.54 Å². The molecule has 2 rings (SSSR count). The molecule has 0 aliphatic carbocycles. The van der Waals surface area contributed by atoms with Gasteiger partial charge in [-0.1, -0.05) is 29.5 Å². The number of ether oxygens (including phenoxy) is 1. The summed E-state index contributed by atoms with van der Waals surface area (Å²) < 4.78 is 4.38. The summed E-state index contributed by atoms with van der Waals surface area (Å²) >= 11 is 1.11. The molecule has 1 atom stereocenters. The minimum atomic E-state index is -0.817. The number of benzene rings is 1. The van der Waals surface area contributed by atoms with Crippen molar-refractivity contribution in [2.75, 3.05) is 18.6 Å². The van der Waals surface area contributed by atoms with Crippen LogP contribution in [0.4, 0.5) is 10.5 Å². The van der Waals surface area contributed by atoms with E-state index in [1.54, 1.807) is 6.92 Å². The Morgan fingerprint density at radius 3 is 2.61 bits per heavy atom. The number of rotatable bonds is 3. The summed E-state index contributed by atoms with van der Waals surface area (Å²) in [6.45, 7) is 3.63. The van der Waals surface area contributed by atoms with Gasteiger partial charge in [0.2, 0.25) is 5.91 Å². The molecule has 1 aromatic rings. The number of hydrogen-bond donors (Lipinski definition) is 1. The fraction of sp³-hybridized carbons (Fsp3) is 0.333. The standard InChI is InChI=1S/C15H17N3O4S/c1-9-4-6-11(7-5-9)18-12(19)8-16-14(18)23-10(2)13(20)17-15(21)22-3/h4-7,10H,8H2,1-3H3,(H,17,20,21)/t10-/m0/s1. The molecule has 1 aromatic carbocycles. The molecule has 122 valence electrons. The molecule has 1 N–H and O–H groups in total. The second-order valence-electron chi connectivity index (χ2n) is 4.90. The van der Waals surface area contributed by atoms with E-state index in [1.807, 2.05) is 31.2 Å². The van der Waals surface area contributed by atoms with E-state index in [4.69, 9.17) is 0 Å². The Hall–Kier alpha value is -2.35. The smallest absolute Gasteiger partial charge is 0.413 e. The van der Waals surface area contributed by atoms with Crippen LogP contribution in [0.2, 0.25) is 0 Å². The fourth-order valence-corrected chi connectivity index (χ4v) is 2.82. The highest BCUT2D eigenvalue weighted by molar-refractivity contribution is 8.15. The molecule has 3 amide bonds. The lowest BCUT2D eigenvalue weighted by Crippen LogP contribution is -2.38. The van der Waals surface area contributed by atoms with Crippen molar-refractivity contribution in [1.82, 2.24) is 5.32 Å². The molecule has 1 heterocycles. The van der Waals surface area contributed by atoms with Crippen LogP contribution in [0.15, 0.2) is 29.3 Å². The minimum absolute atomic E-state index is 0.0432. The zero-order chi connectivity index (χ0) is 17.0.